The van der Waals surface area contributed by atoms with Crippen LogP contribution >= 0.6 is 0 Å². The summed E-state index contributed by atoms with van der Waals surface area (Å²) in [5.41, 5.74) is 1.52. The van der Waals surface area contributed by atoms with Crippen LogP contribution in [0.15, 0.2) is 30.3 Å². The van der Waals surface area contributed by atoms with E-state index in [9.17, 15) is 4.79 Å². The Labute approximate surface area is 121 Å². The Morgan fingerprint density at radius 2 is 2.05 bits per heavy atom. The predicted molar refractivity (Wildman–Crippen MR) is 82.1 cm³/mol. The molecule has 1 fully saturated rings. The summed E-state index contributed by atoms with van der Waals surface area (Å²) < 4.78 is 0. The van der Waals surface area contributed by atoms with Crippen LogP contribution in [0.5, 0.6) is 0 Å². The van der Waals surface area contributed by atoms with Crippen LogP contribution in [-0.2, 0) is 4.79 Å². The van der Waals surface area contributed by atoms with Gasteiger partial charge in [0.15, 0.2) is 0 Å². The molecule has 1 saturated carbocycles. The monoisotopic (exact) mass is 275 g/mol. The molecule has 110 valence electrons. The molecule has 3 heteroatoms. The van der Waals surface area contributed by atoms with Gasteiger partial charge in [0.1, 0.15) is 0 Å². The van der Waals surface area contributed by atoms with Gasteiger partial charge in [-0.05, 0) is 36.8 Å². The number of hydrogen-bond donors (Lipinski definition) is 1. The van der Waals surface area contributed by atoms with Crippen LogP contribution in [0.1, 0.15) is 46.0 Å². The van der Waals surface area contributed by atoms with Crippen LogP contribution < -0.4 is 4.90 Å². The van der Waals surface area contributed by atoms with Crippen molar-refractivity contribution in [3.05, 3.63) is 30.3 Å². The standard InChI is InChI=1S/C17H25NO2/c1-17(2)12-6-10-15(17)18(13-7-11-16(19)20)14-8-4-3-5-9-14/h3-5,8-9,15H,6-7,10-13H2,1-2H3,(H,19,20). The van der Waals surface area contributed by atoms with Gasteiger partial charge in [0, 0.05) is 24.7 Å². The fourth-order valence-corrected chi connectivity index (χ4v) is 3.37. The summed E-state index contributed by atoms with van der Waals surface area (Å²) >= 11 is 0. The first kappa shape index (κ1) is 14.9. The molecule has 20 heavy (non-hydrogen) atoms. The largest absolute Gasteiger partial charge is 0.481 e. The van der Waals surface area contributed by atoms with Gasteiger partial charge in [0.2, 0.25) is 0 Å². The molecule has 0 amide bonds. The number of rotatable bonds is 6. The first-order chi connectivity index (χ1) is 9.50. The van der Waals surface area contributed by atoms with Crippen molar-refractivity contribution in [3.63, 3.8) is 0 Å². The molecular formula is C17H25NO2. The first-order valence-electron chi connectivity index (χ1n) is 7.54. The van der Waals surface area contributed by atoms with Gasteiger partial charge < -0.3 is 10.0 Å². The number of carbonyl (C=O) groups is 1. The lowest BCUT2D eigenvalue weighted by Gasteiger charge is -2.39. The van der Waals surface area contributed by atoms with E-state index in [0.717, 1.165) is 6.54 Å². The van der Waals surface area contributed by atoms with Gasteiger partial charge in [-0.2, -0.15) is 0 Å². The van der Waals surface area contributed by atoms with Crippen LogP contribution in [0.3, 0.4) is 0 Å². The molecule has 0 saturated heterocycles. The van der Waals surface area contributed by atoms with Crippen LogP contribution in [0.2, 0.25) is 0 Å². The smallest absolute Gasteiger partial charge is 0.303 e. The van der Waals surface area contributed by atoms with Crippen molar-refractivity contribution in [2.45, 2.75) is 52.0 Å². The second kappa shape index (κ2) is 6.29. The summed E-state index contributed by atoms with van der Waals surface area (Å²) in [5.74, 6) is -0.705. The highest BCUT2D eigenvalue weighted by Gasteiger charge is 2.38. The molecule has 0 spiro atoms. The molecule has 1 aromatic carbocycles. The minimum absolute atomic E-state index is 0.247. The summed E-state index contributed by atoms with van der Waals surface area (Å²) in [6.45, 7) is 5.49. The normalized spacial score (nSPS) is 20.8. The Bertz CT molecular complexity index is 442. The lowest BCUT2D eigenvalue weighted by atomic mass is 9.86. The number of carboxylic acids is 1. The highest BCUT2D eigenvalue weighted by Crippen LogP contribution is 2.42. The molecule has 0 aromatic heterocycles. The fourth-order valence-electron chi connectivity index (χ4n) is 3.37. The van der Waals surface area contributed by atoms with E-state index in [1.807, 2.05) is 6.07 Å². The van der Waals surface area contributed by atoms with Crippen LogP contribution in [-0.4, -0.2) is 23.7 Å². The summed E-state index contributed by atoms with van der Waals surface area (Å²) in [4.78, 5) is 13.2. The molecular weight excluding hydrogens is 250 g/mol. The number of benzene rings is 1. The molecule has 1 unspecified atom stereocenters. The topological polar surface area (TPSA) is 40.5 Å². The molecule has 1 aromatic rings. The van der Waals surface area contributed by atoms with E-state index < -0.39 is 5.97 Å². The van der Waals surface area contributed by atoms with Gasteiger partial charge >= 0.3 is 5.97 Å². The van der Waals surface area contributed by atoms with Crippen LogP contribution in [0, 0.1) is 5.41 Å². The SMILES string of the molecule is CC1(C)CCCC1N(CCCC(=O)O)c1ccccc1. The molecule has 0 aliphatic heterocycles. The molecule has 0 radical (unpaired) electrons. The zero-order chi connectivity index (χ0) is 14.6. The third-order valence-electron chi connectivity index (χ3n) is 4.45. The minimum atomic E-state index is -0.705. The van der Waals surface area contributed by atoms with E-state index >= 15 is 0 Å². The van der Waals surface area contributed by atoms with E-state index in [1.165, 1.54) is 24.9 Å². The van der Waals surface area contributed by atoms with Crippen molar-refractivity contribution >= 4 is 11.7 Å². The van der Waals surface area contributed by atoms with Crippen LogP contribution in [0.25, 0.3) is 0 Å². The number of aliphatic carboxylic acids is 1. The maximum absolute atomic E-state index is 10.7. The zero-order valence-corrected chi connectivity index (χ0v) is 12.5. The molecule has 1 aliphatic carbocycles. The molecule has 1 atom stereocenters. The van der Waals surface area contributed by atoms with Crippen LogP contribution in [0.4, 0.5) is 5.69 Å². The Hall–Kier alpha value is -1.51. The van der Waals surface area contributed by atoms with Gasteiger partial charge in [0.25, 0.3) is 0 Å². The second-order valence-electron chi connectivity index (χ2n) is 6.42. The van der Waals surface area contributed by atoms with Gasteiger partial charge in [-0.15, -0.1) is 0 Å². The third-order valence-corrected chi connectivity index (χ3v) is 4.45. The third kappa shape index (κ3) is 3.53. The fraction of sp³-hybridized carbons (Fsp3) is 0.588. The van der Waals surface area contributed by atoms with E-state index in [0.29, 0.717) is 17.9 Å². The Morgan fingerprint density at radius 1 is 1.35 bits per heavy atom. The first-order valence-corrected chi connectivity index (χ1v) is 7.54. The van der Waals surface area contributed by atoms with E-state index in [-0.39, 0.29) is 6.42 Å². The number of nitrogens with zero attached hydrogens (tertiary/aromatic N) is 1. The molecule has 2 rings (SSSR count). The molecule has 3 nitrogen and oxygen atoms in total. The number of carboxylic acid groups (broad SMARTS) is 1. The van der Waals surface area contributed by atoms with Gasteiger partial charge in [-0.3, -0.25) is 4.79 Å². The van der Waals surface area contributed by atoms with Crippen molar-refractivity contribution in [2.75, 3.05) is 11.4 Å². The quantitative estimate of drug-likeness (QED) is 0.855. The van der Waals surface area contributed by atoms with E-state index in [4.69, 9.17) is 5.11 Å². The van der Waals surface area contributed by atoms with Gasteiger partial charge in [-0.1, -0.05) is 38.5 Å². The average Bonchev–Trinajstić information content (AvgIpc) is 2.75. The summed E-state index contributed by atoms with van der Waals surface area (Å²) in [5, 5.41) is 8.85. The summed E-state index contributed by atoms with van der Waals surface area (Å²) in [7, 11) is 0. The number of para-hydroxylation sites is 1. The Kier molecular flexibility index (Phi) is 4.69. The predicted octanol–water partition coefficient (Wildman–Crippen LogP) is 3.94. The lowest BCUT2D eigenvalue weighted by molar-refractivity contribution is -0.137. The lowest BCUT2D eigenvalue weighted by Crippen LogP contribution is -2.42. The second-order valence-corrected chi connectivity index (χ2v) is 6.42. The summed E-state index contributed by atoms with van der Waals surface area (Å²) in [6.07, 6.45) is 4.67. The molecule has 0 heterocycles. The molecule has 1 aliphatic rings. The van der Waals surface area contributed by atoms with E-state index in [2.05, 4.69) is 43.0 Å². The van der Waals surface area contributed by atoms with Crippen molar-refractivity contribution in [2.24, 2.45) is 5.41 Å². The zero-order valence-electron chi connectivity index (χ0n) is 12.5. The summed E-state index contributed by atoms with van der Waals surface area (Å²) in [6, 6.07) is 10.9. The van der Waals surface area contributed by atoms with Gasteiger partial charge in [0.05, 0.1) is 0 Å². The number of anilines is 1. The maximum Gasteiger partial charge on any atom is 0.303 e. The highest BCUT2D eigenvalue weighted by molar-refractivity contribution is 5.66. The Balaban J connectivity index is 2.14. The Morgan fingerprint density at radius 3 is 2.60 bits per heavy atom. The average molecular weight is 275 g/mol. The highest BCUT2D eigenvalue weighted by atomic mass is 16.4. The number of hydrogen-bond acceptors (Lipinski definition) is 2. The van der Waals surface area contributed by atoms with E-state index in [1.54, 1.807) is 0 Å². The van der Waals surface area contributed by atoms with Crippen molar-refractivity contribution in [3.8, 4) is 0 Å². The maximum atomic E-state index is 10.7. The van der Waals surface area contributed by atoms with Crippen molar-refractivity contribution < 1.29 is 9.90 Å². The molecule has 0 bridgehead atoms. The van der Waals surface area contributed by atoms with Gasteiger partial charge in [-0.25, -0.2) is 0 Å². The molecule has 1 N–H and O–H groups in total. The van der Waals surface area contributed by atoms with Crippen molar-refractivity contribution in [1.29, 1.82) is 0 Å². The van der Waals surface area contributed by atoms with Crippen molar-refractivity contribution in [1.82, 2.24) is 0 Å². The minimum Gasteiger partial charge on any atom is -0.481 e.